The normalized spacial score (nSPS) is 15.5. The number of fused-ring (bicyclic) bond motifs is 1. The molecular formula is C30H32F2N6O3. The molecule has 1 amide bonds. The molecule has 1 aliphatic heterocycles. The number of piperazine rings is 1. The Kier molecular flexibility index (Phi) is 7.48. The van der Waals surface area contributed by atoms with Crippen molar-refractivity contribution in [2.45, 2.75) is 39.7 Å². The molecule has 1 fully saturated rings. The molecule has 4 heterocycles. The van der Waals surface area contributed by atoms with E-state index in [1.54, 1.807) is 19.2 Å². The molecular weight excluding hydrogens is 530 g/mol. The Bertz CT molecular complexity index is 1720. The van der Waals surface area contributed by atoms with Gasteiger partial charge in [-0.15, -0.1) is 0 Å². The molecule has 41 heavy (non-hydrogen) atoms. The first-order valence-electron chi connectivity index (χ1n) is 13.5. The van der Waals surface area contributed by atoms with Crippen molar-refractivity contribution in [1.29, 1.82) is 0 Å². The number of hydrogen-bond donors (Lipinski definition) is 3. The lowest BCUT2D eigenvalue weighted by molar-refractivity contribution is 0.0962. The van der Waals surface area contributed by atoms with Crippen LogP contribution in [-0.2, 0) is 0 Å². The van der Waals surface area contributed by atoms with Crippen LogP contribution in [0.4, 0.5) is 14.5 Å². The Hall–Kier alpha value is -4.38. The molecule has 0 spiro atoms. The van der Waals surface area contributed by atoms with Gasteiger partial charge in [-0.25, -0.2) is 13.8 Å². The van der Waals surface area contributed by atoms with Crippen LogP contribution in [0.2, 0.25) is 0 Å². The number of carbonyl (C=O) groups is 1. The van der Waals surface area contributed by atoms with E-state index < -0.39 is 40.1 Å². The van der Waals surface area contributed by atoms with Crippen LogP contribution in [0, 0.1) is 18.6 Å². The number of hydrogen-bond acceptors (Lipinski definition) is 7. The van der Waals surface area contributed by atoms with Gasteiger partial charge in [0.15, 0.2) is 11.5 Å². The maximum atomic E-state index is 16.0. The predicted molar refractivity (Wildman–Crippen MR) is 154 cm³/mol. The maximum absolute atomic E-state index is 16.0. The van der Waals surface area contributed by atoms with E-state index in [0.29, 0.717) is 36.6 Å². The number of aryl methyl sites for hydroxylation is 1. The fourth-order valence-electron chi connectivity index (χ4n) is 5.48. The molecule has 3 N–H and O–H groups in total. The zero-order valence-electron chi connectivity index (χ0n) is 23.5. The van der Waals surface area contributed by atoms with Gasteiger partial charge in [0.25, 0.3) is 11.5 Å². The van der Waals surface area contributed by atoms with E-state index in [-0.39, 0.29) is 34.2 Å². The van der Waals surface area contributed by atoms with Crippen LogP contribution in [0.15, 0.2) is 41.3 Å². The lowest BCUT2D eigenvalue weighted by Gasteiger charge is -2.37. The number of pyridine rings is 3. The first-order chi connectivity index (χ1) is 19.6. The molecule has 0 bridgehead atoms. The van der Waals surface area contributed by atoms with Crippen LogP contribution in [0.1, 0.15) is 48.3 Å². The Morgan fingerprint density at radius 2 is 1.95 bits per heavy atom. The summed E-state index contributed by atoms with van der Waals surface area (Å²) in [7, 11) is 1.43. The van der Waals surface area contributed by atoms with Crippen molar-refractivity contribution in [2.75, 3.05) is 31.6 Å². The largest absolute Gasteiger partial charge is 0.507 e. The molecule has 11 heteroatoms. The highest BCUT2D eigenvalue weighted by Crippen LogP contribution is 2.38. The molecule has 1 saturated heterocycles. The number of aromatic hydroxyl groups is 1. The van der Waals surface area contributed by atoms with Crippen LogP contribution in [0.25, 0.3) is 28.0 Å². The summed E-state index contributed by atoms with van der Waals surface area (Å²) in [6.07, 6.45) is 1.63. The van der Waals surface area contributed by atoms with Gasteiger partial charge < -0.3 is 20.6 Å². The SMILES string of the molecule is CNC(=O)c1c(N2CCNC[C@@H]2C)c2cc(F)c(-c3c(O)cccc3F)nc2n(-c2c(C)ccnc2C(C)C)c1=O. The summed E-state index contributed by atoms with van der Waals surface area (Å²) in [5, 5.41) is 16.6. The summed E-state index contributed by atoms with van der Waals surface area (Å²) in [6, 6.07) is 6.39. The number of phenolic OH excluding ortho intramolecular Hbond substituents is 1. The van der Waals surface area contributed by atoms with Crippen molar-refractivity contribution in [3.8, 4) is 22.7 Å². The van der Waals surface area contributed by atoms with E-state index in [4.69, 9.17) is 0 Å². The number of amides is 1. The molecule has 214 valence electrons. The summed E-state index contributed by atoms with van der Waals surface area (Å²) in [4.78, 5) is 38.9. The van der Waals surface area contributed by atoms with E-state index in [2.05, 4.69) is 20.6 Å². The molecule has 3 aromatic heterocycles. The number of phenols is 1. The van der Waals surface area contributed by atoms with Crippen LogP contribution in [0.5, 0.6) is 5.75 Å². The predicted octanol–water partition coefficient (Wildman–Crippen LogP) is 4.02. The third-order valence-electron chi connectivity index (χ3n) is 7.47. The number of benzene rings is 1. The van der Waals surface area contributed by atoms with Gasteiger partial charge in [0, 0.05) is 44.3 Å². The van der Waals surface area contributed by atoms with Crippen molar-refractivity contribution in [3.05, 3.63) is 75.3 Å². The number of anilines is 1. The van der Waals surface area contributed by atoms with Crippen molar-refractivity contribution in [3.63, 3.8) is 0 Å². The smallest absolute Gasteiger partial charge is 0.271 e. The van der Waals surface area contributed by atoms with Gasteiger partial charge in [-0.3, -0.25) is 19.1 Å². The summed E-state index contributed by atoms with van der Waals surface area (Å²) in [6.45, 7) is 9.20. The summed E-state index contributed by atoms with van der Waals surface area (Å²) in [5.74, 6) is -3.04. The third-order valence-corrected chi connectivity index (χ3v) is 7.47. The first kappa shape index (κ1) is 28.2. The second kappa shape index (κ2) is 10.9. The molecule has 0 radical (unpaired) electrons. The number of carbonyl (C=O) groups excluding carboxylic acids is 1. The highest BCUT2D eigenvalue weighted by atomic mass is 19.1. The fraction of sp³-hybridized carbons (Fsp3) is 0.333. The van der Waals surface area contributed by atoms with E-state index in [1.807, 2.05) is 25.7 Å². The van der Waals surface area contributed by atoms with Gasteiger partial charge in [0.2, 0.25) is 0 Å². The second-order valence-electron chi connectivity index (χ2n) is 10.5. The van der Waals surface area contributed by atoms with E-state index in [0.717, 1.165) is 12.1 Å². The van der Waals surface area contributed by atoms with E-state index in [9.17, 15) is 19.1 Å². The second-order valence-corrected chi connectivity index (χ2v) is 10.5. The molecule has 4 aromatic rings. The minimum absolute atomic E-state index is 0.0143. The van der Waals surface area contributed by atoms with Gasteiger partial charge in [-0.1, -0.05) is 19.9 Å². The number of aromatic nitrogens is 3. The van der Waals surface area contributed by atoms with Gasteiger partial charge in [0.1, 0.15) is 22.8 Å². The van der Waals surface area contributed by atoms with Crippen LogP contribution in [-0.4, -0.2) is 58.3 Å². The highest BCUT2D eigenvalue weighted by Gasteiger charge is 2.32. The molecule has 1 atom stereocenters. The molecule has 1 aliphatic rings. The molecule has 1 aromatic carbocycles. The summed E-state index contributed by atoms with van der Waals surface area (Å²) < 4.78 is 32.2. The Balaban J connectivity index is 2.03. The van der Waals surface area contributed by atoms with Crippen molar-refractivity contribution >= 4 is 22.6 Å². The van der Waals surface area contributed by atoms with Crippen LogP contribution in [0.3, 0.4) is 0 Å². The average Bonchev–Trinajstić information content (AvgIpc) is 2.93. The number of rotatable bonds is 5. The van der Waals surface area contributed by atoms with Crippen molar-refractivity contribution in [2.24, 2.45) is 0 Å². The zero-order valence-corrected chi connectivity index (χ0v) is 23.5. The van der Waals surface area contributed by atoms with E-state index >= 15 is 4.39 Å². The van der Waals surface area contributed by atoms with Gasteiger partial charge >= 0.3 is 0 Å². The number of nitrogens with zero attached hydrogens (tertiary/aromatic N) is 4. The Morgan fingerprint density at radius 3 is 2.61 bits per heavy atom. The Morgan fingerprint density at radius 1 is 1.20 bits per heavy atom. The van der Waals surface area contributed by atoms with Gasteiger partial charge in [-0.2, -0.15) is 0 Å². The van der Waals surface area contributed by atoms with Crippen LogP contribution < -0.4 is 21.1 Å². The molecule has 9 nitrogen and oxygen atoms in total. The first-order valence-corrected chi connectivity index (χ1v) is 13.5. The van der Waals surface area contributed by atoms with Gasteiger partial charge in [0.05, 0.1) is 22.6 Å². The molecule has 5 rings (SSSR count). The minimum atomic E-state index is -0.915. The van der Waals surface area contributed by atoms with E-state index in [1.165, 1.54) is 23.7 Å². The molecule has 0 unspecified atom stereocenters. The molecule has 0 aliphatic carbocycles. The van der Waals surface area contributed by atoms with Gasteiger partial charge in [-0.05, 0) is 49.6 Å². The topological polar surface area (TPSA) is 112 Å². The lowest BCUT2D eigenvalue weighted by atomic mass is 10.0. The highest BCUT2D eigenvalue weighted by molar-refractivity contribution is 6.07. The standard InChI is InChI=1S/C30H32F2N6O3/c1-15(2)24-26(16(3)9-10-35-24)38-28-18(13-20(32)25(36-28)22-19(31)7-6-8-21(22)39)27(23(30(38)41)29(40)33-5)37-12-11-34-14-17(37)4/h6-10,13,15,17,34,39H,11-12,14H2,1-5H3,(H,33,40)/t17-/m0/s1. The van der Waals surface area contributed by atoms with Crippen molar-refractivity contribution in [1.82, 2.24) is 25.2 Å². The number of nitrogens with one attached hydrogen (secondary N) is 2. The third kappa shape index (κ3) is 4.69. The minimum Gasteiger partial charge on any atom is -0.507 e. The number of halogens is 2. The lowest BCUT2D eigenvalue weighted by Crippen LogP contribution is -2.51. The Labute approximate surface area is 235 Å². The monoisotopic (exact) mass is 562 g/mol. The molecule has 0 saturated carbocycles. The maximum Gasteiger partial charge on any atom is 0.271 e. The zero-order chi connectivity index (χ0) is 29.6. The quantitative estimate of drug-likeness (QED) is 0.337. The summed E-state index contributed by atoms with van der Waals surface area (Å²) in [5.41, 5.74) is 0.212. The van der Waals surface area contributed by atoms with Crippen molar-refractivity contribution < 1.29 is 18.7 Å². The average molecular weight is 563 g/mol. The summed E-state index contributed by atoms with van der Waals surface area (Å²) >= 11 is 0. The van der Waals surface area contributed by atoms with Crippen LogP contribution >= 0.6 is 0 Å². The fourth-order valence-corrected chi connectivity index (χ4v) is 5.48.